The molecule has 0 aromatic rings. The number of fused-ring (bicyclic) bond motifs is 2. The molecule has 0 radical (unpaired) electrons. The van der Waals surface area contributed by atoms with E-state index in [0.29, 0.717) is 24.0 Å². The van der Waals surface area contributed by atoms with Crippen molar-refractivity contribution < 1.29 is 4.79 Å². The molecule has 92 valence electrons. The van der Waals surface area contributed by atoms with Crippen LogP contribution in [0, 0.1) is 5.92 Å². The van der Waals surface area contributed by atoms with E-state index in [1.54, 1.807) is 0 Å². The maximum Gasteiger partial charge on any atom is 0.224 e. The number of carbonyl (C=O) groups is 1. The first-order chi connectivity index (χ1) is 7.74. The fourth-order valence-corrected chi connectivity index (χ4v) is 3.15. The molecule has 0 aromatic heterocycles. The predicted molar refractivity (Wildman–Crippen MR) is 65.2 cm³/mol. The van der Waals surface area contributed by atoms with Crippen LogP contribution in [0.25, 0.3) is 0 Å². The highest BCUT2D eigenvalue weighted by Crippen LogP contribution is 2.33. The fourth-order valence-electron chi connectivity index (χ4n) is 3.15. The second kappa shape index (κ2) is 5.17. The summed E-state index contributed by atoms with van der Waals surface area (Å²) in [4.78, 5) is 12.1. The van der Waals surface area contributed by atoms with E-state index in [1.165, 1.54) is 12.8 Å². The summed E-state index contributed by atoms with van der Waals surface area (Å²) in [6, 6.07) is 1.47. The standard InChI is InChI=1S/C13H24N2O/c1-3-5-9(4-2)15-13(16)11-8-10-6-7-12(11)14-10/h9-12,14H,3-8H2,1-2H3,(H,15,16). The molecule has 2 N–H and O–H groups in total. The van der Waals surface area contributed by atoms with Crippen LogP contribution in [0.2, 0.25) is 0 Å². The van der Waals surface area contributed by atoms with E-state index in [2.05, 4.69) is 24.5 Å². The Morgan fingerprint density at radius 3 is 2.75 bits per heavy atom. The zero-order chi connectivity index (χ0) is 11.5. The van der Waals surface area contributed by atoms with Crippen LogP contribution >= 0.6 is 0 Å². The molecule has 2 bridgehead atoms. The average Bonchev–Trinajstić information content (AvgIpc) is 2.89. The molecule has 3 heteroatoms. The monoisotopic (exact) mass is 224 g/mol. The Morgan fingerprint density at radius 1 is 1.44 bits per heavy atom. The summed E-state index contributed by atoms with van der Waals surface area (Å²) >= 11 is 0. The SMILES string of the molecule is CCCC(CC)NC(=O)C1CC2CCC1N2. The molecule has 0 aliphatic carbocycles. The molecule has 2 rings (SSSR count). The van der Waals surface area contributed by atoms with E-state index in [4.69, 9.17) is 0 Å². The van der Waals surface area contributed by atoms with Crippen LogP contribution in [-0.2, 0) is 4.79 Å². The molecular formula is C13H24N2O. The molecule has 0 aromatic carbocycles. The van der Waals surface area contributed by atoms with Crippen LogP contribution in [0.4, 0.5) is 0 Å². The van der Waals surface area contributed by atoms with Gasteiger partial charge < -0.3 is 10.6 Å². The number of amides is 1. The minimum atomic E-state index is 0.240. The highest BCUT2D eigenvalue weighted by molar-refractivity contribution is 5.80. The van der Waals surface area contributed by atoms with E-state index in [1.807, 2.05) is 0 Å². The zero-order valence-corrected chi connectivity index (χ0v) is 10.5. The molecular weight excluding hydrogens is 200 g/mol. The summed E-state index contributed by atoms with van der Waals surface area (Å²) < 4.78 is 0. The zero-order valence-electron chi connectivity index (χ0n) is 10.5. The van der Waals surface area contributed by atoms with E-state index in [0.717, 1.165) is 25.7 Å². The third kappa shape index (κ3) is 2.40. The lowest BCUT2D eigenvalue weighted by molar-refractivity contribution is -0.126. The molecule has 2 heterocycles. The van der Waals surface area contributed by atoms with E-state index >= 15 is 0 Å². The minimum absolute atomic E-state index is 0.240. The lowest BCUT2D eigenvalue weighted by atomic mass is 9.88. The maximum absolute atomic E-state index is 12.1. The largest absolute Gasteiger partial charge is 0.353 e. The van der Waals surface area contributed by atoms with Gasteiger partial charge in [-0.25, -0.2) is 0 Å². The van der Waals surface area contributed by atoms with Crippen LogP contribution in [0.15, 0.2) is 0 Å². The Balaban J connectivity index is 1.83. The van der Waals surface area contributed by atoms with Crippen molar-refractivity contribution in [1.82, 2.24) is 10.6 Å². The molecule has 2 saturated heterocycles. The van der Waals surface area contributed by atoms with Crippen LogP contribution in [-0.4, -0.2) is 24.0 Å². The number of hydrogen-bond donors (Lipinski definition) is 2. The second-order valence-electron chi connectivity index (χ2n) is 5.29. The summed E-state index contributed by atoms with van der Waals surface area (Å²) in [5.74, 6) is 0.532. The number of rotatable bonds is 5. The summed E-state index contributed by atoms with van der Waals surface area (Å²) in [6.45, 7) is 4.33. The Morgan fingerprint density at radius 2 is 2.25 bits per heavy atom. The van der Waals surface area contributed by atoms with E-state index in [9.17, 15) is 4.79 Å². The van der Waals surface area contributed by atoms with Crippen LogP contribution in [0.1, 0.15) is 52.4 Å². The molecule has 4 atom stereocenters. The van der Waals surface area contributed by atoms with E-state index < -0.39 is 0 Å². The second-order valence-corrected chi connectivity index (χ2v) is 5.29. The molecule has 2 fully saturated rings. The first kappa shape index (κ1) is 11.9. The van der Waals surface area contributed by atoms with Gasteiger partial charge in [0.15, 0.2) is 0 Å². The van der Waals surface area contributed by atoms with Gasteiger partial charge in [0.1, 0.15) is 0 Å². The Hall–Kier alpha value is -0.570. The van der Waals surface area contributed by atoms with Gasteiger partial charge in [-0.15, -0.1) is 0 Å². The van der Waals surface area contributed by atoms with Crippen molar-refractivity contribution in [1.29, 1.82) is 0 Å². The summed E-state index contributed by atoms with van der Waals surface area (Å²) in [6.07, 6.45) is 6.81. The average molecular weight is 224 g/mol. The molecule has 3 nitrogen and oxygen atoms in total. The normalized spacial score (nSPS) is 34.0. The van der Waals surface area contributed by atoms with Crippen molar-refractivity contribution >= 4 is 5.91 Å². The van der Waals surface area contributed by atoms with Gasteiger partial charge in [-0.3, -0.25) is 4.79 Å². The molecule has 2 aliphatic heterocycles. The molecule has 4 unspecified atom stereocenters. The smallest absolute Gasteiger partial charge is 0.224 e. The van der Waals surface area contributed by atoms with E-state index in [-0.39, 0.29) is 5.92 Å². The van der Waals surface area contributed by atoms with Crippen molar-refractivity contribution in [3.05, 3.63) is 0 Å². The minimum Gasteiger partial charge on any atom is -0.353 e. The summed E-state index contributed by atoms with van der Waals surface area (Å²) in [7, 11) is 0. The fraction of sp³-hybridized carbons (Fsp3) is 0.923. The number of hydrogen-bond acceptors (Lipinski definition) is 2. The van der Waals surface area contributed by atoms with Gasteiger partial charge in [0.05, 0.1) is 5.92 Å². The van der Waals surface area contributed by atoms with Gasteiger partial charge in [0.25, 0.3) is 0 Å². The van der Waals surface area contributed by atoms with Crippen molar-refractivity contribution in [3.63, 3.8) is 0 Å². The van der Waals surface area contributed by atoms with Crippen molar-refractivity contribution in [2.75, 3.05) is 0 Å². The first-order valence-electron chi connectivity index (χ1n) is 6.81. The Kier molecular flexibility index (Phi) is 3.85. The summed E-state index contributed by atoms with van der Waals surface area (Å²) in [5.41, 5.74) is 0. The predicted octanol–water partition coefficient (Wildman–Crippen LogP) is 1.82. The Bertz CT molecular complexity index is 254. The Labute approximate surface area is 98.4 Å². The molecule has 0 spiro atoms. The van der Waals surface area contributed by atoms with Gasteiger partial charge >= 0.3 is 0 Å². The van der Waals surface area contributed by atoms with Gasteiger partial charge in [-0.05, 0) is 32.1 Å². The van der Waals surface area contributed by atoms with Crippen molar-refractivity contribution in [3.8, 4) is 0 Å². The first-order valence-corrected chi connectivity index (χ1v) is 6.81. The van der Waals surface area contributed by atoms with Crippen LogP contribution in [0.5, 0.6) is 0 Å². The van der Waals surface area contributed by atoms with Gasteiger partial charge in [-0.2, -0.15) is 0 Å². The van der Waals surface area contributed by atoms with Gasteiger partial charge in [-0.1, -0.05) is 20.3 Å². The lowest BCUT2D eigenvalue weighted by Crippen LogP contribution is -2.42. The van der Waals surface area contributed by atoms with Crippen molar-refractivity contribution in [2.45, 2.75) is 70.5 Å². The van der Waals surface area contributed by atoms with Crippen LogP contribution in [0.3, 0.4) is 0 Å². The molecule has 1 amide bonds. The topological polar surface area (TPSA) is 41.1 Å². The highest BCUT2D eigenvalue weighted by Gasteiger charge is 2.42. The van der Waals surface area contributed by atoms with Crippen molar-refractivity contribution in [2.24, 2.45) is 5.92 Å². The third-order valence-corrected chi connectivity index (χ3v) is 4.11. The van der Waals surface area contributed by atoms with Gasteiger partial charge in [0, 0.05) is 18.1 Å². The molecule has 2 aliphatic rings. The lowest BCUT2D eigenvalue weighted by Gasteiger charge is -2.23. The highest BCUT2D eigenvalue weighted by atomic mass is 16.2. The van der Waals surface area contributed by atoms with Gasteiger partial charge in [0.2, 0.25) is 5.91 Å². The quantitative estimate of drug-likeness (QED) is 0.748. The molecule has 0 saturated carbocycles. The number of carbonyl (C=O) groups excluding carboxylic acids is 1. The molecule has 16 heavy (non-hydrogen) atoms. The summed E-state index contributed by atoms with van der Waals surface area (Å²) in [5, 5.41) is 6.74. The maximum atomic E-state index is 12.1. The third-order valence-electron chi connectivity index (χ3n) is 4.11. The number of nitrogens with one attached hydrogen (secondary N) is 2. The van der Waals surface area contributed by atoms with Crippen LogP contribution < -0.4 is 10.6 Å².